The van der Waals surface area contributed by atoms with Crippen LogP contribution in [0.1, 0.15) is 251 Å². The molecule has 0 aliphatic heterocycles. The minimum absolute atomic E-state index is 0.221. The van der Waals surface area contributed by atoms with E-state index in [1.54, 1.807) is 0 Å². The Morgan fingerprint density at radius 3 is 0.962 bits per heavy atom. The number of ether oxygens (including phenoxy) is 2. The van der Waals surface area contributed by atoms with E-state index < -0.39 is 32.5 Å². The maximum absolute atomic E-state index is 12.4. The second kappa shape index (κ2) is 40.7. The molecular weight excluding hydrogens is 687 g/mol. The topological polar surface area (TPSA) is 119 Å². The lowest BCUT2D eigenvalue weighted by atomic mass is 10.0. The Hall–Kier alpha value is -0.950. The Labute approximate surface area is 327 Å². The number of rotatable bonds is 43. The lowest BCUT2D eigenvalue weighted by molar-refractivity contribution is -0.161. The van der Waals surface area contributed by atoms with Crippen molar-refractivity contribution in [2.24, 2.45) is 0 Å². The van der Waals surface area contributed by atoms with Gasteiger partial charge in [0.05, 0.1) is 6.61 Å². The second-order valence-electron chi connectivity index (χ2n) is 15.7. The van der Waals surface area contributed by atoms with E-state index >= 15 is 0 Å². The van der Waals surface area contributed by atoms with Crippen LogP contribution in [0.2, 0.25) is 0 Å². The standard InChI is InChI=1S/C44H87O8P/c1-3-5-7-9-11-13-15-17-18-19-20-21-22-23-24-25-26-27-29-31-33-35-37-39-44(46)52-42(41-51-53(47,48)49)40-50-43(45)38-36-34-32-30-28-16-14-12-10-8-6-4-2/h42H,3-41H2,1-2H3,(H2,47,48,49). The molecule has 1 unspecified atom stereocenters. The van der Waals surface area contributed by atoms with E-state index in [0.717, 1.165) is 32.1 Å². The van der Waals surface area contributed by atoms with Gasteiger partial charge in [0.1, 0.15) is 6.61 Å². The van der Waals surface area contributed by atoms with Crippen molar-refractivity contribution in [3.05, 3.63) is 0 Å². The van der Waals surface area contributed by atoms with Gasteiger partial charge in [0.2, 0.25) is 0 Å². The summed E-state index contributed by atoms with van der Waals surface area (Å²) >= 11 is 0. The number of hydrogen-bond acceptors (Lipinski definition) is 6. The quantitative estimate of drug-likeness (QED) is 0.0357. The molecule has 0 bridgehead atoms. The van der Waals surface area contributed by atoms with E-state index in [4.69, 9.17) is 19.3 Å². The van der Waals surface area contributed by atoms with Crippen molar-refractivity contribution in [2.45, 2.75) is 258 Å². The van der Waals surface area contributed by atoms with Crippen molar-refractivity contribution in [1.82, 2.24) is 0 Å². The highest BCUT2D eigenvalue weighted by Gasteiger charge is 2.23. The zero-order valence-electron chi connectivity index (χ0n) is 34.9. The average molecular weight is 775 g/mol. The van der Waals surface area contributed by atoms with Gasteiger partial charge < -0.3 is 19.3 Å². The fourth-order valence-corrected chi connectivity index (χ4v) is 7.32. The molecule has 9 heteroatoms. The van der Waals surface area contributed by atoms with Crippen molar-refractivity contribution in [3.63, 3.8) is 0 Å². The SMILES string of the molecule is CCCCCCCCCCCCCCCCCCCCCCCCCC(=O)OC(COC(=O)CCCCCCCCCCCCCC)COP(=O)(O)O. The van der Waals surface area contributed by atoms with E-state index in [0.29, 0.717) is 6.42 Å². The molecule has 1 atom stereocenters. The number of phosphoric ester groups is 1. The minimum atomic E-state index is -4.75. The van der Waals surface area contributed by atoms with Crippen molar-refractivity contribution in [3.8, 4) is 0 Å². The third kappa shape index (κ3) is 43.6. The number of hydrogen-bond donors (Lipinski definition) is 2. The molecule has 0 spiro atoms. The normalized spacial score (nSPS) is 12.3. The number of carbonyl (C=O) groups is 2. The molecule has 8 nitrogen and oxygen atoms in total. The van der Waals surface area contributed by atoms with Gasteiger partial charge in [0.25, 0.3) is 0 Å². The highest BCUT2D eigenvalue weighted by molar-refractivity contribution is 7.46. The van der Waals surface area contributed by atoms with Gasteiger partial charge >= 0.3 is 19.8 Å². The van der Waals surface area contributed by atoms with Crippen LogP contribution < -0.4 is 0 Å². The highest BCUT2D eigenvalue weighted by atomic mass is 31.2. The highest BCUT2D eigenvalue weighted by Crippen LogP contribution is 2.36. The number of unbranched alkanes of at least 4 members (excludes halogenated alkanes) is 33. The largest absolute Gasteiger partial charge is 0.469 e. The first kappa shape index (κ1) is 52.0. The van der Waals surface area contributed by atoms with Gasteiger partial charge in [-0.1, -0.05) is 226 Å². The van der Waals surface area contributed by atoms with Gasteiger partial charge in [-0.2, -0.15) is 0 Å². The molecule has 2 N–H and O–H groups in total. The first-order valence-electron chi connectivity index (χ1n) is 22.8. The predicted molar refractivity (Wildman–Crippen MR) is 221 cm³/mol. The maximum Gasteiger partial charge on any atom is 0.469 e. The molecule has 0 aliphatic carbocycles. The predicted octanol–water partition coefficient (Wildman–Crippen LogP) is 14.0. The molecule has 0 saturated heterocycles. The summed E-state index contributed by atoms with van der Waals surface area (Å²) in [5.41, 5.74) is 0. The second-order valence-corrected chi connectivity index (χ2v) is 17.0. The van der Waals surface area contributed by atoms with Crippen LogP contribution in [0.5, 0.6) is 0 Å². The van der Waals surface area contributed by atoms with E-state index in [2.05, 4.69) is 18.4 Å². The molecule has 0 aromatic carbocycles. The van der Waals surface area contributed by atoms with Gasteiger partial charge in [-0.05, 0) is 12.8 Å². The summed E-state index contributed by atoms with van der Waals surface area (Å²) in [6, 6.07) is 0. The Balaban J connectivity index is 3.76. The first-order valence-corrected chi connectivity index (χ1v) is 24.4. The Morgan fingerprint density at radius 1 is 0.415 bits per heavy atom. The van der Waals surface area contributed by atoms with Crippen LogP contribution in [-0.2, 0) is 28.2 Å². The van der Waals surface area contributed by atoms with E-state index in [1.165, 1.54) is 186 Å². The molecule has 0 rings (SSSR count). The molecule has 0 radical (unpaired) electrons. The summed E-state index contributed by atoms with van der Waals surface area (Å²) in [4.78, 5) is 42.9. The van der Waals surface area contributed by atoms with Crippen LogP contribution in [-0.4, -0.2) is 41.0 Å². The van der Waals surface area contributed by atoms with Crippen LogP contribution >= 0.6 is 7.82 Å². The minimum Gasteiger partial charge on any atom is -0.462 e. The van der Waals surface area contributed by atoms with E-state index in [-0.39, 0.29) is 19.4 Å². The molecule has 316 valence electrons. The van der Waals surface area contributed by atoms with E-state index in [1.807, 2.05) is 0 Å². The average Bonchev–Trinajstić information content (AvgIpc) is 3.13. The number of esters is 2. The number of phosphoric acid groups is 1. The van der Waals surface area contributed by atoms with Gasteiger partial charge in [-0.15, -0.1) is 0 Å². The molecule has 0 aromatic rings. The third-order valence-corrected chi connectivity index (χ3v) is 10.9. The van der Waals surface area contributed by atoms with Crippen molar-refractivity contribution >= 4 is 19.8 Å². The van der Waals surface area contributed by atoms with E-state index in [9.17, 15) is 14.2 Å². The van der Waals surface area contributed by atoms with Crippen LogP contribution in [0.3, 0.4) is 0 Å². The van der Waals surface area contributed by atoms with Crippen LogP contribution in [0.25, 0.3) is 0 Å². The van der Waals surface area contributed by atoms with Gasteiger partial charge in [-0.25, -0.2) is 4.57 Å². The van der Waals surface area contributed by atoms with Crippen molar-refractivity contribution in [2.75, 3.05) is 13.2 Å². The molecule has 0 aromatic heterocycles. The summed E-state index contributed by atoms with van der Waals surface area (Å²) in [6.07, 6.45) is 44.1. The molecule has 53 heavy (non-hydrogen) atoms. The van der Waals surface area contributed by atoms with Gasteiger partial charge in [0, 0.05) is 12.8 Å². The molecule has 0 saturated carbocycles. The van der Waals surface area contributed by atoms with Crippen LogP contribution in [0.15, 0.2) is 0 Å². The molecule has 0 amide bonds. The van der Waals surface area contributed by atoms with Crippen LogP contribution in [0, 0.1) is 0 Å². The third-order valence-electron chi connectivity index (χ3n) is 10.4. The van der Waals surface area contributed by atoms with Gasteiger partial charge in [-0.3, -0.25) is 14.1 Å². The lowest BCUT2D eigenvalue weighted by Gasteiger charge is -2.18. The lowest BCUT2D eigenvalue weighted by Crippen LogP contribution is -2.29. The van der Waals surface area contributed by atoms with Crippen LogP contribution in [0.4, 0.5) is 0 Å². The Kier molecular flexibility index (Phi) is 40.0. The zero-order valence-corrected chi connectivity index (χ0v) is 35.8. The summed E-state index contributed by atoms with van der Waals surface area (Å²) in [6.45, 7) is 3.72. The number of carbonyl (C=O) groups excluding carboxylic acids is 2. The summed E-state index contributed by atoms with van der Waals surface area (Å²) in [7, 11) is -4.75. The maximum atomic E-state index is 12.4. The Morgan fingerprint density at radius 2 is 0.679 bits per heavy atom. The molecule has 0 fully saturated rings. The van der Waals surface area contributed by atoms with Crippen molar-refractivity contribution < 1.29 is 37.9 Å². The smallest absolute Gasteiger partial charge is 0.462 e. The molecule has 0 aliphatic rings. The monoisotopic (exact) mass is 775 g/mol. The zero-order chi connectivity index (χ0) is 38.9. The first-order chi connectivity index (χ1) is 25.8. The summed E-state index contributed by atoms with van der Waals surface area (Å²) in [5.74, 6) is -0.867. The Bertz CT molecular complexity index is 832. The molecular formula is C44H87O8P. The van der Waals surface area contributed by atoms with Crippen molar-refractivity contribution in [1.29, 1.82) is 0 Å². The molecule has 0 heterocycles. The summed E-state index contributed by atoms with van der Waals surface area (Å²) in [5, 5.41) is 0. The summed E-state index contributed by atoms with van der Waals surface area (Å²) < 4.78 is 26.4. The fourth-order valence-electron chi connectivity index (χ4n) is 6.96. The van der Waals surface area contributed by atoms with Gasteiger partial charge in [0.15, 0.2) is 6.10 Å². The fraction of sp³-hybridized carbons (Fsp3) is 0.955.